The lowest BCUT2D eigenvalue weighted by molar-refractivity contribution is -0.110. The van der Waals surface area contributed by atoms with Crippen molar-refractivity contribution in [2.75, 3.05) is 7.11 Å². The molecule has 2 atom stereocenters. The number of ether oxygens (including phenoxy) is 3. The van der Waals surface area contributed by atoms with Gasteiger partial charge in [0.05, 0.1) is 24.5 Å². The van der Waals surface area contributed by atoms with E-state index in [1.807, 2.05) is 0 Å². The second kappa shape index (κ2) is 6.38. The number of aromatic hydroxyl groups is 1. The van der Waals surface area contributed by atoms with Crippen molar-refractivity contribution in [1.29, 1.82) is 0 Å². The molecule has 162 valence electrons. The lowest BCUT2D eigenvalue weighted by Crippen LogP contribution is -2.33. The van der Waals surface area contributed by atoms with Crippen LogP contribution in [-0.4, -0.2) is 34.3 Å². The maximum absolute atomic E-state index is 13.5. The maximum Gasteiger partial charge on any atom is 0.277 e. The Balaban J connectivity index is 1.82. The summed E-state index contributed by atoms with van der Waals surface area (Å²) in [4.78, 5) is 13.5. The third kappa shape index (κ3) is 2.79. The van der Waals surface area contributed by atoms with Gasteiger partial charge in [-0.15, -0.1) is 0 Å². The molecule has 0 bridgehead atoms. The van der Waals surface area contributed by atoms with Crippen molar-refractivity contribution in [2.24, 2.45) is 0 Å². The van der Waals surface area contributed by atoms with E-state index < -0.39 is 22.9 Å². The Morgan fingerprint density at radius 3 is 2.74 bits per heavy atom. The van der Waals surface area contributed by atoms with Gasteiger partial charge < -0.3 is 33.9 Å². The Morgan fingerprint density at radius 2 is 2.03 bits per heavy atom. The van der Waals surface area contributed by atoms with Gasteiger partial charge in [-0.1, -0.05) is 6.07 Å². The molecule has 3 aromatic rings. The van der Waals surface area contributed by atoms with Crippen molar-refractivity contribution in [3.8, 4) is 17.2 Å². The monoisotopic (exact) mass is 426 g/mol. The van der Waals surface area contributed by atoms with Crippen molar-refractivity contribution in [1.82, 2.24) is 0 Å². The van der Waals surface area contributed by atoms with Gasteiger partial charge in [0.15, 0.2) is 5.60 Å². The number of fused-ring (bicyclic) bond motifs is 5. The predicted octanol–water partition coefficient (Wildman–Crippen LogP) is 2.81. The van der Waals surface area contributed by atoms with Crippen LogP contribution in [0, 0.1) is 0 Å². The summed E-state index contributed by atoms with van der Waals surface area (Å²) in [7, 11) is 1.38. The second-order valence-electron chi connectivity index (χ2n) is 8.56. The molecule has 0 radical (unpaired) electrons. The summed E-state index contributed by atoms with van der Waals surface area (Å²) in [5, 5.41) is 31.7. The summed E-state index contributed by atoms with van der Waals surface area (Å²) in [6, 6.07) is 4.63. The first-order valence-electron chi connectivity index (χ1n) is 9.91. The van der Waals surface area contributed by atoms with Gasteiger partial charge in [0.1, 0.15) is 39.2 Å². The van der Waals surface area contributed by atoms with E-state index in [-0.39, 0.29) is 44.8 Å². The summed E-state index contributed by atoms with van der Waals surface area (Å²) in [5.41, 5.74) is -1.63. The van der Waals surface area contributed by atoms with Crippen molar-refractivity contribution >= 4 is 21.9 Å². The molecule has 1 aromatic heterocycles. The van der Waals surface area contributed by atoms with Crippen LogP contribution < -0.4 is 14.9 Å². The molecule has 0 aliphatic carbocycles. The SMILES string of the molecule is COc1c2c(cc3oc4c(CCC(C)(C)O)ccc(O)c4c(=O)c13)O[C@H]1OC=C[C@@]21O. The average Bonchev–Trinajstić information content (AvgIpc) is 3.18. The Kier molecular flexibility index (Phi) is 4.06. The Morgan fingerprint density at radius 1 is 1.26 bits per heavy atom. The van der Waals surface area contributed by atoms with Crippen LogP contribution in [0.3, 0.4) is 0 Å². The molecule has 8 heteroatoms. The van der Waals surface area contributed by atoms with Gasteiger partial charge in [0, 0.05) is 6.07 Å². The highest BCUT2D eigenvalue weighted by atomic mass is 16.7. The van der Waals surface area contributed by atoms with E-state index in [9.17, 15) is 20.1 Å². The van der Waals surface area contributed by atoms with E-state index in [4.69, 9.17) is 18.6 Å². The maximum atomic E-state index is 13.5. The van der Waals surface area contributed by atoms with E-state index in [0.29, 0.717) is 18.4 Å². The molecule has 3 N–H and O–H groups in total. The molecule has 0 unspecified atom stereocenters. The third-order valence-corrected chi connectivity index (χ3v) is 5.82. The molecule has 3 heterocycles. The lowest BCUT2D eigenvalue weighted by Gasteiger charge is -2.20. The summed E-state index contributed by atoms with van der Waals surface area (Å²) in [6.45, 7) is 3.40. The topological polar surface area (TPSA) is 119 Å². The molecule has 0 saturated carbocycles. The Hall–Kier alpha value is -3.23. The van der Waals surface area contributed by atoms with Gasteiger partial charge in [-0.3, -0.25) is 4.79 Å². The molecule has 31 heavy (non-hydrogen) atoms. The van der Waals surface area contributed by atoms with Crippen LogP contribution in [-0.2, 0) is 16.8 Å². The average molecular weight is 426 g/mol. The zero-order chi connectivity index (χ0) is 22.1. The van der Waals surface area contributed by atoms with Gasteiger partial charge >= 0.3 is 0 Å². The predicted molar refractivity (Wildman–Crippen MR) is 111 cm³/mol. The molecule has 0 amide bonds. The highest BCUT2D eigenvalue weighted by Crippen LogP contribution is 2.52. The third-order valence-electron chi connectivity index (χ3n) is 5.82. The number of aliphatic hydroxyl groups is 2. The molecule has 0 fully saturated rings. The number of phenols is 1. The Bertz CT molecular complexity index is 1310. The number of hydrogen-bond donors (Lipinski definition) is 3. The zero-order valence-electron chi connectivity index (χ0n) is 17.3. The molecule has 2 aliphatic heterocycles. The normalized spacial score (nSPS) is 21.8. The van der Waals surface area contributed by atoms with Gasteiger partial charge in [0.25, 0.3) is 6.29 Å². The number of aryl methyl sites for hydroxylation is 1. The van der Waals surface area contributed by atoms with E-state index >= 15 is 0 Å². The number of benzene rings is 2. The Labute approximate surface area is 176 Å². The minimum Gasteiger partial charge on any atom is -0.507 e. The summed E-state index contributed by atoms with van der Waals surface area (Å²) in [5.74, 6) is 0.156. The molecule has 8 nitrogen and oxygen atoms in total. The van der Waals surface area contributed by atoms with Crippen molar-refractivity contribution < 1.29 is 33.9 Å². The summed E-state index contributed by atoms with van der Waals surface area (Å²) >= 11 is 0. The van der Waals surface area contributed by atoms with Crippen LogP contribution in [0.4, 0.5) is 0 Å². The number of rotatable bonds is 4. The quantitative estimate of drug-likeness (QED) is 0.545. The molecular weight excluding hydrogens is 404 g/mol. The first-order chi connectivity index (χ1) is 14.6. The standard InChI is InChI=1S/C23H22O8/c1-22(2,26)7-6-11-4-5-12(24)15-18(25)16-13(30-19(11)15)10-14-17(20(16)28-3)23(27)8-9-29-21(23)31-14/h4-5,8-10,21,24,26-27H,6-7H2,1-3H3/t21-,23-/m1/s1. The van der Waals surface area contributed by atoms with Crippen molar-refractivity contribution in [2.45, 2.75) is 44.2 Å². The van der Waals surface area contributed by atoms with Crippen LogP contribution in [0.15, 0.2) is 39.7 Å². The van der Waals surface area contributed by atoms with E-state index in [1.165, 1.54) is 31.6 Å². The highest BCUT2D eigenvalue weighted by molar-refractivity contribution is 5.98. The van der Waals surface area contributed by atoms with Gasteiger partial charge in [-0.2, -0.15) is 0 Å². The number of hydrogen-bond acceptors (Lipinski definition) is 8. The molecule has 2 aromatic carbocycles. The fourth-order valence-corrected chi connectivity index (χ4v) is 4.24. The largest absolute Gasteiger partial charge is 0.507 e. The smallest absolute Gasteiger partial charge is 0.277 e. The zero-order valence-corrected chi connectivity index (χ0v) is 17.3. The molecule has 2 aliphatic rings. The number of phenolic OH excluding ortho intramolecular Hbond substituents is 1. The highest BCUT2D eigenvalue weighted by Gasteiger charge is 2.53. The summed E-state index contributed by atoms with van der Waals surface area (Å²) < 4.78 is 22.7. The van der Waals surface area contributed by atoms with Crippen LogP contribution in [0.1, 0.15) is 31.4 Å². The van der Waals surface area contributed by atoms with Crippen LogP contribution in [0.5, 0.6) is 17.2 Å². The second-order valence-corrected chi connectivity index (χ2v) is 8.56. The van der Waals surface area contributed by atoms with E-state index in [2.05, 4.69) is 0 Å². The van der Waals surface area contributed by atoms with E-state index in [0.717, 1.165) is 0 Å². The molecule has 5 rings (SSSR count). The van der Waals surface area contributed by atoms with Crippen molar-refractivity contribution in [3.05, 3.63) is 51.9 Å². The minimum absolute atomic E-state index is 0.0136. The summed E-state index contributed by atoms with van der Waals surface area (Å²) in [6.07, 6.45) is 2.65. The van der Waals surface area contributed by atoms with E-state index in [1.54, 1.807) is 19.9 Å². The van der Waals surface area contributed by atoms with Crippen molar-refractivity contribution in [3.63, 3.8) is 0 Å². The van der Waals surface area contributed by atoms with Gasteiger partial charge in [-0.25, -0.2) is 0 Å². The van der Waals surface area contributed by atoms with Gasteiger partial charge in [0.2, 0.25) is 5.43 Å². The molecular formula is C23H22O8. The minimum atomic E-state index is -1.60. The molecule has 0 spiro atoms. The first-order valence-corrected chi connectivity index (χ1v) is 9.91. The molecule has 0 saturated heterocycles. The van der Waals surface area contributed by atoms with Crippen LogP contribution in [0.25, 0.3) is 21.9 Å². The fraction of sp³-hybridized carbons (Fsp3) is 0.348. The fourth-order valence-electron chi connectivity index (χ4n) is 4.24. The van der Waals surface area contributed by atoms with Crippen LogP contribution in [0.2, 0.25) is 0 Å². The van der Waals surface area contributed by atoms with Gasteiger partial charge in [-0.05, 0) is 44.4 Å². The lowest BCUT2D eigenvalue weighted by atomic mass is 9.92. The number of methoxy groups -OCH3 is 1. The first kappa shape index (κ1) is 19.7. The van der Waals surface area contributed by atoms with Crippen LogP contribution >= 0.6 is 0 Å².